The number of benzene rings is 1. The molecule has 1 saturated carbocycles. The van der Waals surface area contributed by atoms with E-state index in [1.165, 1.54) is 0 Å². The van der Waals surface area contributed by atoms with Crippen LogP contribution >= 0.6 is 22.9 Å². The Hall–Kier alpha value is -1.69. The lowest BCUT2D eigenvalue weighted by Crippen LogP contribution is -2.28. The van der Waals surface area contributed by atoms with Crippen molar-refractivity contribution in [2.24, 2.45) is 0 Å². The Labute approximate surface area is 149 Å². The van der Waals surface area contributed by atoms with E-state index in [0.717, 1.165) is 57.9 Å². The molecule has 0 amide bonds. The van der Waals surface area contributed by atoms with Crippen LogP contribution in [0, 0.1) is 0 Å². The Morgan fingerprint density at radius 3 is 2.58 bits per heavy atom. The summed E-state index contributed by atoms with van der Waals surface area (Å²) in [4.78, 5) is 9.88. The van der Waals surface area contributed by atoms with Crippen molar-refractivity contribution in [2.45, 2.75) is 37.8 Å². The second-order valence-electron chi connectivity index (χ2n) is 6.21. The molecule has 24 heavy (non-hydrogen) atoms. The minimum atomic E-state index is -0.153. The van der Waals surface area contributed by atoms with E-state index >= 15 is 0 Å². The number of anilines is 1. The van der Waals surface area contributed by atoms with Crippen LogP contribution in [-0.2, 0) is 0 Å². The van der Waals surface area contributed by atoms with Crippen molar-refractivity contribution in [1.82, 2.24) is 9.97 Å². The highest BCUT2D eigenvalue weighted by Gasteiger charge is 2.21. The van der Waals surface area contributed by atoms with Crippen LogP contribution in [0.5, 0.6) is 0 Å². The topological polar surface area (TPSA) is 58.0 Å². The summed E-state index contributed by atoms with van der Waals surface area (Å²) in [5.74, 6) is 0.882. The molecule has 6 heteroatoms. The number of hydrogen-bond acceptors (Lipinski definition) is 5. The Kier molecular flexibility index (Phi) is 4.39. The number of nitrogens with zero attached hydrogens (tertiary/aromatic N) is 2. The van der Waals surface area contributed by atoms with E-state index in [0.29, 0.717) is 6.04 Å². The van der Waals surface area contributed by atoms with Crippen LogP contribution < -0.4 is 5.32 Å². The normalized spacial score (nSPS) is 21.1. The fourth-order valence-electron chi connectivity index (χ4n) is 3.24. The third-order valence-corrected chi connectivity index (χ3v) is 5.70. The Morgan fingerprint density at radius 1 is 1.08 bits per heavy atom. The van der Waals surface area contributed by atoms with Crippen LogP contribution in [0.15, 0.2) is 36.0 Å². The molecule has 1 fully saturated rings. The summed E-state index contributed by atoms with van der Waals surface area (Å²) in [6.45, 7) is 0. The SMILES string of the molecule is OC1CCC(Nc2ncnc3scc(-c4ccc(Cl)cc4)c23)CC1. The molecular weight excluding hydrogens is 342 g/mol. The fraction of sp³-hybridized carbons (Fsp3) is 0.333. The van der Waals surface area contributed by atoms with Crippen molar-refractivity contribution in [3.8, 4) is 11.1 Å². The average molecular weight is 360 g/mol. The number of hydrogen-bond donors (Lipinski definition) is 2. The summed E-state index contributed by atoms with van der Waals surface area (Å²) >= 11 is 7.63. The van der Waals surface area contributed by atoms with Gasteiger partial charge in [-0.05, 0) is 43.4 Å². The Balaban J connectivity index is 1.70. The minimum Gasteiger partial charge on any atom is -0.393 e. The zero-order chi connectivity index (χ0) is 16.5. The quantitative estimate of drug-likeness (QED) is 0.710. The highest BCUT2D eigenvalue weighted by atomic mass is 35.5. The van der Waals surface area contributed by atoms with Gasteiger partial charge < -0.3 is 10.4 Å². The molecule has 4 rings (SSSR count). The molecule has 0 radical (unpaired) electrons. The minimum absolute atomic E-state index is 0.153. The molecule has 3 aromatic rings. The molecule has 2 heterocycles. The van der Waals surface area contributed by atoms with Gasteiger partial charge in [0.25, 0.3) is 0 Å². The van der Waals surface area contributed by atoms with Crippen molar-refractivity contribution in [1.29, 1.82) is 0 Å². The lowest BCUT2D eigenvalue weighted by molar-refractivity contribution is 0.126. The van der Waals surface area contributed by atoms with E-state index in [4.69, 9.17) is 11.6 Å². The lowest BCUT2D eigenvalue weighted by atomic mass is 9.93. The second kappa shape index (κ2) is 6.67. The van der Waals surface area contributed by atoms with Gasteiger partial charge in [-0.2, -0.15) is 0 Å². The molecule has 2 N–H and O–H groups in total. The van der Waals surface area contributed by atoms with Gasteiger partial charge in [-0.25, -0.2) is 9.97 Å². The van der Waals surface area contributed by atoms with Gasteiger partial charge in [0.05, 0.1) is 11.5 Å². The molecule has 1 aliphatic rings. The molecule has 1 aliphatic carbocycles. The molecule has 1 aromatic carbocycles. The predicted octanol–water partition coefficient (Wildman–Crippen LogP) is 4.73. The first-order valence-electron chi connectivity index (χ1n) is 8.13. The summed E-state index contributed by atoms with van der Waals surface area (Å²) in [5, 5.41) is 17.2. The average Bonchev–Trinajstić information content (AvgIpc) is 3.03. The van der Waals surface area contributed by atoms with E-state index in [1.54, 1.807) is 17.7 Å². The maximum atomic E-state index is 9.68. The van der Waals surface area contributed by atoms with Gasteiger partial charge in [0.2, 0.25) is 0 Å². The third-order valence-electron chi connectivity index (χ3n) is 4.56. The number of aliphatic hydroxyl groups is 1. The highest BCUT2D eigenvalue weighted by Crippen LogP contribution is 2.37. The fourth-order valence-corrected chi connectivity index (χ4v) is 4.28. The molecule has 0 atom stereocenters. The smallest absolute Gasteiger partial charge is 0.139 e. The van der Waals surface area contributed by atoms with Gasteiger partial charge in [0, 0.05) is 22.0 Å². The van der Waals surface area contributed by atoms with E-state index in [9.17, 15) is 5.11 Å². The summed E-state index contributed by atoms with van der Waals surface area (Å²) in [6.07, 6.45) is 5.09. The number of halogens is 1. The first-order chi connectivity index (χ1) is 11.7. The Morgan fingerprint density at radius 2 is 1.83 bits per heavy atom. The highest BCUT2D eigenvalue weighted by molar-refractivity contribution is 7.17. The lowest BCUT2D eigenvalue weighted by Gasteiger charge is -2.26. The van der Waals surface area contributed by atoms with Gasteiger partial charge in [-0.15, -0.1) is 11.3 Å². The van der Waals surface area contributed by atoms with Gasteiger partial charge >= 0.3 is 0 Å². The molecule has 0 bridgehead atoms. The van der Waals surface area contributed by atoms with Gasteiger partial charge in [0.1, 0.15) is 17.0 Å². The van der Waals surface area contributed by atoms with Crippen LogP contribution in [0.3, 0.4) is 0 Å². The zero-order valence-corrected chi connectivity index (χ0v) is 14.6. The molecule has 0 aliphatic heterocycles. The monoisotopic (exact) mass is 359 g/mol. The summed E-state index contributed by atoms with van der Waals surface area (Å²) in [6, 6.07) is 8.21. The molecule has 4 nitrogen and oxygen atoms in total. The van der Waals surface area contributed by atoms with Crippen LogP contribution in [0.1, 0.15) is 25.7 Å². The molecule has 124 valence electrons. The van der Waals surface area contributed by atoms with Crippen molar-refractivity contribution in [3.05, 3.63) is 41.0 Å². The van der Waals surface area contributed by atoms with E-state index in [1.807, 2.05) is 24.3 Å². The van der Waals surface area contributed by atoms with Crippen molar-refractivity contribution < 1.29 is 5.11 Å². The van der Waals surface area contributed by atoms with E-state index < -0.39 is 0 Å². The van der Waals surface area contributed by atoms with Crippen LogP contribution in [-0.4, -0.2) is 27.2 Å². The van der Waals surface area contributed by atoms with Crippen LogP contribution in [0.4, 0.5) is 5.82 Å². The summed E-state index contributed by atoms with van der Waals surface area (Å²) < 4.78 is 0. The first-order valence-corrected chi connectivity index (χ1v) is 9.39. The van der Waals surface area contributed by atoms with Crippen molar-refractivity contribution >= 4 is 39.0 Å². The summed E-state index contributed by atoms with van der Waals surface area (Å²) in [7, 11) is 0. The molecule has 0 unspecified atom stereocenters. The largest absolute Gasteiger partial charge is 0.393 e. The molecular formula is C18H18ClN3OS. The van der Waals surface area contributed by atoms with E-state index in [-0.39, 0.29) is 6.10 Å². The first kappa shape index (κ1) is 15.8. The zero-order valence-electron chi connectivity index (χ0n) is 13.1. The summed E-state index contributed by atoms with van der Waals surface area (Å²) in [5.41, 5.74) is 2.24. The number of aromatic nitrogens is 2. The maximum Gasteiger partial charge on any atom is 0.139 e. The molecule has 0 spiro atoms. The van der Waals surface area contributed by atoms with E-state index in [2.05, 4.69) is 20.7 Å². The van der Waals surface area contributed by atoms with Crippen molar-refractivity contribution in [3.63, 3.8) is 0 Å². The number of nitrogens with one attached hydrogen (secondary N) is 1. The molecule has 2 aromatic heterocycles. The van der Waals surface area contributed by atoms with Crippen molar-refractivity contribution in [2.75, 3.05) is 5.32 Å². The van der Waals surface area contributed by atoms with Gasteiger partial charge in [-0.1, -0.05) is 23.7 Å². The van der Waals surface area contributed by atoms with Gasteiger partial charge in [-0.3, -0.25) is 0 Å². The van der Waals surface area contributed by atoms with Gasteiger partial charge in [0.15, 0.2) is 0 Å². The van der Waals surface area contributed by atoms with Crippen LogP contribution in [0.2, 0.25) is 5.02 Å². The number of thiophene rings is 1. The maximum absolute atomic E-state index is 9.68. The third kappa shape index (κ3) is 3.11. The standard InChI is InChI=1S/C18H18ClN3OS/c19-12-3-1-11(2-4-12)15-9-24-18-16(15)17(20-10-21-18)22-13-5-7-14(23)8-6-13/h1-4,9-10,13-14,23H,5-8H2,(H,20,21,22). The number of rotatable bonds is 3. The number of fused-ring (bicyclic) bond motifs is 1. The second-order valence-corrected chi connectivity index (χ2v) is 7.50. The van der Waals surface area contributed by atoms with Crippen LogP contribution in [0.25, 0.3) is 21.3 Å². The predicted molar refractivity (Wildman–Crippen MR) is 99.7 cm³/mol. The number of aliphatic hydroxyl groups excluding tert-OH is 1. The molecule has 0 saturated heterocycles. The Bertz CT molecular complexity index is 841.